The van der Waals surface area contributed by atoms with Gasteiger partial charge in [-0.3, -0.25) is 0 Å². The summed E-state index contributed by atoms with van der Waals surface area (Å²) in [6.07, 6.45) is 18.6. The molecule has 0 aliphatic heterocycles. The van der Waals surface area contributed by atoms with Gasteiger partial charge in [-0.25, -0.2) is 0 Å². The van der Waals surface area contributed by atoms with Crippen LogP contribution in [0.2, 0.25) is 0 Å². The van der Waals surface area contributed by atoms with E-state index >= 15 is 0 Å². The van der Waals surface area contributed by atoms with Crippen LogP contribution in [0.3, 0.4) is 0 Å². The third kappa shape index (κ3) is 12.5. The average molecular weight is 1000 g/mol. The second-order valence-corrected chi connectivity index (χ2v) is 21.1. The van der Waals surface area contributed by atoms with Crippen molar-refractivity contribution >= 4 is 5.57 Å². The van der Waals surface area contributed by atoms with E-state index in [0.717, 1.165) is 32.1 Å². The summed E-state index contributed by atoms with van der Waals surface area (Å²) in [6, 6.07) is 81.0. The summed E-state index contributed by atoms with van der Waals surface area (Å²) in [6.45, 7) is 15.3. The van der Waals surface area contributed by atoms with Gasteiger partial charge in [0.15, 0.2) is 0 Å². The maximum atomic E-state index is 2.49. The van der Waals surface area contributed by atoms with Gasteiger partial charge < -0.3 is 0 Å². The molecule has 0 saturated heterocycles. The molecular weight excluding hydrogens is 925 g/mol. The van der Waals surface area contributed by atoms with Crippen LogP contribution in [0.25, 0.3) is 50.1 Å². The molecule has 0 N–H and O–H groups in total. The second kappa shape index (κ2) is 25.7. The van der Waals surface area contributed by atoms with Gasteiger partial charge in [-0.15, -0.1) is 0 Å². The van der Waals surface area contributed by atoms with E-state index in [-0.39, 0.29) is 5.41 Å². The molecule has 0 fully saturated rings. The summed E-state index contributed by atoms with van der Waals surface area (Å²) >= 11 is 0. The van der Waals surface area contributed by atoms with Crippen LogP contribution in [-0.4, -0.2) is 0 Å². The van der Waals surface area contributed by atoms with Crippen LogP contribution in [0.1, 0.15) is 109 Å². The summed E-state index contributed by atoms with van der Waals surface area (Å²) in [5.74, 6) is 0.709. The molecule has 12 rings (SSSR count). The van der Waals surface area contributed by atoms with Crippen LogP contribution in [0.15, 0.2) is 266 Å². The number of fused-ring (bicyclic) bond motifs is 2. The van der Waals surface area contributed by atoms with Gasteiger partial charge in [0.1, 0.15) is 0 Å². The molecule has 0 saturated carbocycles. The zero-order chi connectivity index (χ0) is 53.6. The zero-order valence-corrected chi connectivity index (χ0v) is 46.6. The third-order valence-electron chi connectivity index (χ3n) is 15.9. The van der Waals surface area contributed by atoms with Gasteiger partial charge in [0.05, 0.1) is 5.41 Å². The Bertz CT molecular complexity index is 3490. The summed E-state index contributed by atoms with van der Waals surface area (Å²) in [4.78, 5) is 0. The van der Waals surface area contributed by atoms with Crippen molar-refractivity contribution in [3.8, 4) is 44.5 Å². The highest BCUT2D eigenvalue weighted by Gasteiger charge is 2.48. The quantitative estimate of drug-likeness (QED) is 0.135. The number of hydrogen-bond acceptors (Lipinski definition) is 0. The normalized spacial score (nSPS) is 15.3. The lowest BCUT2D eigenvalue weighted by atomic mass is 9.63. The lowest BCUT2D eigenvalue weighted by Gasteiger charge is -2.39. The van der Waals surface area contributed by atoms with Crippen LogP contribution in [0.5, 0.6) is 0 Å². The summed E-state index contributed by atoms with van der Waals surface area (Å²) in [5, 5.41) is 0. The molecular formula is C77H76. The zero-order valence-electron chi connectivity index (χ0n) is 46.6. The topological polar surface area (TPSA) is 0 Å². The molecule has 0 heteroatoms. The van der Waals surface area contributed by atoms with Crippen molar-refractivity contribution in [2.45, 2.75) is 98.3 Å². The first-order valence-corrected chi connectivity index (χ1v) is 28.1. The highest BCUT2D eigenvalue weighted by atomic mass is 14.5. The van der Waals surface area contributed by atoms with Crippen LogP contribution < -0.4 is 0 Å². The highest BCUT2D eigenvalue weighted by molar-refractivity contribution is 5.91. The van der Waals surface area contributed by atoms with Crippen molar-refractivity contribution in [2.24, 2.45) is 0 Å². The van der Waals surface area contributed by atoms with Gasteiger partial charge in [-0.2, -0.15) is 0 Å². The number of aryl methyl sites for hydroxylation is 5. The van der Waals surface area contributed by atoms with E-state index in [9.17, 15) is 0 Å². The molecule has 9 aromatic rings. The molecule has 0 amide bonds. The molecule has 0 spiro atoms. The minimum atomic E-state index is -0.0906. The Morgan fingerprint density at radius 1 is 0.442 bits per heavy atom. The van der Waals surface area contributed by atoms with Gasteiger partial charge in [0, 0.05) is 0 Å². The van der Waals surface area contributed by atoms with Gasteiger partial charge in [0.2, 0.25) is 0 Å². The maximum absolute atomic E-state index is 2.49. The van der Waals surface area contributed by atoms with Crippen molar-refractivity contribution < 1.29 is 0 Å². The van der Waals surface area contributed by atoms with Crippen molar-refractivity contribution in [3.63, 3.8) is 0 Å². The Morgan fingerprint density at radius 2 is 0.974 bits per heavy atom. The summed E-state index contributed by atoms with van der Waals surface area (Å²) < 4.78 is 0. The average Bonchev–Trinajstić information content (AvgIpc) is 4.01. The largest absolute Gasteiger partial charge is 0.0842 e. The third-order valence-corrected chi connectivity index (χ3v) is 15.9. The molecule has 0 bridgehead atoms. The molecule has 9 aromatic carbocycles. The first-order chi connectivity index (χ1) is 37.7. The van der Waals surface area contributed by atoms with Crippen LogP contribution >= 0.6 is 0 Å². The van der Waals surface area contributed by atoms with Crippen LogP contribution in [0.4, 0.5) is 0 Å². The molecule has 0 heterocycles. The van der Waals surface area contributed by atoms with Crippen molar-refractivity contribution in [2.75, 3.05) is 0 Å². The van der Waals surface area contributed by atoms with E-state index in [1.807, 2.05) is 6.07 Å². The van der Waals surface area contributed by atoms with Gasteiger partial charge in [-0.1, -0.05) is 286 Å². The molecule has 2 atom stereocenters. The molecule has 0 nitrogen and oxygen atoms in total. The number of hydrogen-bond donors (Lipinski definition) is 0. The minimum absolute atomic E-state index is 0.0906. The fourth-order valence-corrected chi connectivity index (χ4v) is 11.3. The van der Waals surface area contributed by atoms with E-state index in [1.165, 1.54) is 107 Å². The second-order valence-electron chi connectivity index (χ2n) is 21.1. The van der Waals surface area contributed by atoms with Crippen molar-refractivity contribution in [3.05, 3.63) is 316 Å². The number of allylic oxidation sites excluding steroid dienone is 8. The molecule has 3 aliphatic rings. The summed E-state index contributed by atoms with van der Waals surface area (Å²) in [5.41, 5.74) is 27.3. The molecule has 3 aliphatic carbocycles. The Labute approximate surface area is 462 Å². The first-order valence-electron chi connectivity index (χ1n) is 28.1. The standard InChI is InChI=1S/C27H26.C27H24.C13H12.C10H14/c1-2-20-17-18-24-23-15-9-10-16-25(23)27(26(24)19-20,21-11-5-3-6-12-21)22-13-7-4-8-14-22;1-19-11-13-22(14-12-19)23-8-6-9-24(18-23)25-15-16-27(21(3)17-25)26-10-5-4-7-20(26)2;1-11-7-9-13(10-8-11)12-5-3-2-4-6-12;1-3-9(2)10-7-5-4-6-8-10/h3-7,9,11-13,15,17-19H,2,8,10,14,16H2,1H3;4-18H,1-3H3;2-10H,1H3;4-9H,3H2,1-2H3. The lowest BCUT2D eigenvalue weighted by Crippen LogP contribution is -2.32. The van der Waals surface area contributed by atoms with E-state index in [1.54, 1.807) is 11.1 Å². The van der Waals surface area contributed by atoms with Crippen molar-refractivity contribution in [1.82, 2.24) is 0 Å². The predicted molar refractivity (Wildman–Crippen MR) is 334 cm³/mol. The van der Waals surface area contributed by atoms with Gasteiger partial charge in [-0.05, 0) is 173 Å². The predicted octanol–water partition coefficient (Wildman–Crippen LogP) is 21.4. The summed E-state index contributed by atoms with van der Waals surface area (Å²) in [7, 11) is 0. The maximum Gasteiger partial charge on any atom is 0.0639 e. The van der Waals surface area contributed by atoms with Gasteiger partial charge in [0.25, 0.3) is 0 Å². The SMILES string of the molecule is CCC(C)c1ccccc1.CCc1ccc2c(c1)C(C1=CC=CCC1)(c1ccccc1)C1=C2C=CCC1.Cc1ccc(-c2cccc(-c3ccc(-c4ccccc4C)c(C)c3)c2)cc1.Cc1ccc(-c2ccccc2)cc1. The Kier molecular flexibility index (Phi) is 17.9. The van der Waals surface area contributed by atoms with E-state index in [0.29, 0.717) is 5.92 Å². The lowest BCUT2D eigenvalue weighted by molar-refractivity contribution is 0.644. The Balaban J connectivity index is 0.000000135. The molecule has 77 heavy (non-hydrogen) atoms. The fourth-order valence-electron chi connectivity index (χ4n) is 11.3. The Morgan fingerprint density at radius 3 is 1.60 bits per heavy atom. The minimum Gasteiger partial charge on any atom is -0.0842 e. The van der Waals surface area contributed by atoms with E-state index in [4.69, 9.17) is 0 Å². The smallest absolute Gasteiger partial charge is 0.0639 e. The van der Waals surface area contributed by atoms with Crippen LogP contribution in [0, 0.1) is 27.7 Å². The monoisotopic (exact) mass is 1000 g/mol. The molecule has 2 unspecified atom stereocenters. The Hall–Kier alpha value is -8.06. The molecule has 384 valence electrons. The number of benzene rings is 9. The van der Waals surface area contributed by atoms with Crippen molar-refractivity contribution in [1.29, 1.82) is 0 Å². The van der Waals surface area contributed by atoms with E-state index < -0.39 is 0 Å². The van der Waals surface area contributed by atoms with E-state index in [2.05, 4.69) is 297 Å². The fraction of sp³-hybridized carbons (Fsp3) is 0.195. The highest BCUT2D eigenvalue weighted by Crippen LogP contribution is 2.58. The molecule has 0 radical (unpaired) electrons. The number of rotatable bonds is 9. The molecule has 0 aromatic heterocycles. The van der Waals surface area contributed by atoms with Crippen LogP contribution in [-0.2, 0) is 11.8 Å². The first kappa shape index (κ1) is 53.8. The van der Waals surface area contributed by atoms with Gasteiger partial charge >= 0.3 is 0 Å².